The molecule has 3 rings (SSSR count). The molecule has 1 heterocycles. The maximum absolute atomic E-state index is 13.1. The minimum atomic E-state index is -4.27. The second-order valence-corrected chi connectivity index (χ2v) is 6.20. The maximum atomic E-state index is 13.1. The third-order valence-electron chi connectivity index (χ3n) is 4.45. The molecule has 134 valence electrons. The zero-order chi connectivity index (χ0) is 17.9. The van der Waals surface area contributed by atoms with Crippen molar-refractivity contribution in [2.75, 3.05) is 0 Å². The molecule has 1 aliphatic carbocycles. The van der Waals surface area contributed by atoms with Crippen molar-refractivity contribution >= 4 is 5.91 Å². The first kappa shape index (κ1) is 17.4. The number of alkyl halides is 3. The van der Waals surface area contributed by atoms with Gasteiger partial charge in [0.2, 0.25) is 5.91 Å². The summed E-state index contributed by atoms with van der Waals surface area (Å²) in [5.74, 6) is -1.84. The minimum absolute atomic E-state index is 0.0387. The van der Waals surface area contributed by atoms with Gasteiger partial charge in [0.15, 0.2) is 0 Å². The summed E-state index contributed by atoms with van der Waals surface area (Å²) in [6, 6.07) is 6.13. The topological polar surface area (TPSA) is 72.7 Å². The highest BCUT2D eigenvalue weighted by molar-refractivity contribution is 5.79. The van der Waals surface area contributed by atoms with Crippen molar-refractivity contribution in [2.24, 2.45) is 5.92 Å². The first-order chi connectivity index (χ1) is 11.9. The molecular formula is C16H18F3N5O. The fourth-order valence-corrected chi connectivity index (χ4v) is 3.18. The molecule has 2 atom stereocenters. The fourth-order valence-electron chi connectivity index (χ4n) is 3.18. The van der Waals surface area contributed by atoms with Gasteiger partial charge in [-0.2, -0.15) is 13.2 Å². The lowest BCUT2D eigenvalue weighted by Crippen LogP contribution is -2.48. The summed E-state index contributed by atoms with van der Waals surface area (Å²) in [5.41, 5.74) is 1.45. The minimum Gasteiger partial charge on any atom is -0.352 e. The van der Waals surface area contributed by atoms with Crippen LogP contribution >= 0.6 is 0 Å². The highest BCUT2D eigenvalue weighted by atomic mass is 19.4. The van der Waals surface area contributed by atoms with Gasteiger partial charge in [0.1, 0.15) is 6.33 Å². The van der Waals surface area contributed by atoms with Gasteiger partial charge < -0.3 is 5.32 Å². The Labute approximate surface area is 142 Å². The van der Waals surface area contributed by atoms with Crippen LogP contribution in [0.5, 0.6) is 0 Å². The Kier molecular flexibility index (Phi) is 5.00. The number of hydrogen-bond donors (Lipinski definition) is 1. The van der Waals surface area contributed by atoms with Gasteiger partial charge in [-0.25, -0.2) is 4.68 Å². The van der Waals surface area contributed by atoms with Crippen LogP contribution in [0.1, 0.15) is 31.2 Å². The Hall–Kier alpha value is -2.45. The molecule has 1 saturated carbocycles. The number of tetrazole rings is 1. The van der Waals surface area contributed by atoms with Crippen molar-refractivity contribution in [1.82, 2.24) is 25.5 Å². The Morgan fingerprint density at radius 1 is 1.20 bits per heavy atom. The number of amides is 1. The predicted octanol–water partition coefficient (Wildman–Crippen LogP) is 2.44. The molecule has 0 bridgehead atoms. The van der Waals surface area contributed by atoms with Crippen LogP contribution < -0.4 is 5.32 Å². The second-order valence-electron chi connectivity index (χ2n) is 6.20. The standard InChI is InChI=1S/C16H18F3N5O/c17-16(18,19)13-3-1-2-4-14(13)21-15(25)9-11-5-7-12(8-6-11)24-10-20-22-23-24/h5-8,10,13-14H,1-4,9H2,(H,21,25)/t13-,14-/m0/s1. The third kappa shape index (κ3) is 4.34. The average Bonchev–Trinajstić information content (AvgIpc) is 3.09. The summed E-state index contributed by atoms with van der Waals surface area (Å²) in [6.07, 6.45) is -1.08. The van der Waals surface area contributed by atoms with Crippen molar-refractivity contribution in [3.63, 3.8) is 0 Å². The first-order valence-electron chi connectivity index (χ1n) is 8.12. The lowest BCUT2D eigenvalue weighted by atomic mass is 9.84. The smallest absolute Gasteiger partial charge is 0.352 e. The number of carbonyl (C=O) groups excluding carboxylic acids is 1. The number of benzene rings is 1. The van der Waals surface area contributed by atoms with Crippen LogP contribution in [0.15, 0.2) is 30.6 Å². The molecule has 6 nitrogen and oxygen atoms in total. The quantitative estimate of drug-likeness (QED) is 0.916. The van der Waals surface area contributed by atoms with Crippen LogP contribution in [0.2, 0.25) is 0 Å². The molecule has 0 unspecified atom stereocenters. The molecule has 0 radical (unpaired) electrons. The zero-order valence-corrected chi connectivity index (χ0v) is 13.4. The Balaban J connectivity index is 1.60. The number of halogens is 3. The largest absolute Gasteiger partial charge is 0.393 e. The molecule has 1 aromatic heterocycles. The van der Waals surface area contributed by atoms with Gasteiger partial charge in [0.25, 0.3) is 0 Å². The molecule has 1 amide bonds. The van der Waals surface area contributed by atoms with E-state index in [1.807, 2.05) is 0 Å². The monoisotopic (exact) mass is 353 g/mol. The van der Waals surface area contributed by atoms with E-state index in [4.69, 9.17) is 0 Å². The van der Waals surface area contributed by atoms with E-state index in [0.717, 1.165) is 5.69 Å². The molecule has 1 aromatic carbocycles. The van der Waals surface area contributed by atoms with E-state index < -0.39 is 24.0 Å². The van der Waals surface area contributed by atoms with Gasteiger partial charge in [-0.3, -0.25) is 4.79 Å². The average molecular weight is 353 g/mol. The number of rotatable bonds is 4. The molecular weight excluding hydrogens is 335 g/mol. The molecule has 25 heavy (non-hydrogen) atoms. The van der Waals surface area contributed by atoms with E-state index >= 15 is 0 Å². The second kappa shape index (κ2) is 7.20. The molecule has 1 aliphatic rings. The summed E-state index contributed by atoms with van der Waals surface area (Å²) in [6.45, 7) is 0. The summed E-state index contributed by atoms with van der Waals surface area (Å²) in [5, 5.41) is 13.4. The summed E-state index contributed by atoms with van der Waals surface area (Å²) in [4.78, 5) is 12.2. The number of carbonyl (C=O) groups is 1. The Morgan fingerprint density at radius 3 is 2.56 bits per heavy atom. The highest BCUT2D eigenvalue weighted by Gasteiger charge is 2.45. The molecule has 1 N–H and O–H groups in total. The van der Waals surface area contributed by atoms with E-state index in [2.05, 4.69) is 20.8 Å². The first-order valence-corrected chi connectivity index (χ1v) is 8.12. The Bertz CT molecular complexity index is 700. The third-order valence-corrected chi connectivity index (χ3v) is 4.45. The van der Waals surface area contributed by atoms with Crippen LogP contribution in [-0.4, -0.2) is 38.3 Å². The zero-order valence-electron chi connectivity index (χ0n) is 13.4. The number of aromatic nitrogens is 4. The summed E-state index contributed by atoms with van der Waals surface area (Å²) < 4.78 is 40.7. The molecule has 0 spiro atoms. The van der Waals surface area contributed by atoms with E-state index in [-0.39, 0.29) is 12.8 Å². The molecule has 1 fully saturated rings. The van der Waals surface area contributed by atoms with E-state index in [9.17, 15) is 18.0 Å². The van der Waals surface area contributed by atoms with Crippen LogP contribution in [0, 0.1) is 5.92 Å². The van der Waals surface area contributed by atoms with Crippen molar-refractivity contribution in [3.8, 4) is 5.69 Å². The number of nitrogens with zero attached hydrogens (tertiary/aromatic N) is 4. The molecule has 0 saturated heterocycles. The lowest BCUT2D eigenvalue weighted by molar-refractivity contribution is -0.189. The Morgan fingerprint density at radius 2 is 1.92 bits per heavy atom. The predicted molar refractivity (Wildman–Crippen MR) is 82.8 cm³/mol. The van der Waals surface area contributed by atoms with Crippen LogP contribution in [-0.2, 0) is 11.2 Å². The van der Waals surface area contributed by atoms with E-state index in [0.29, 0.717) is 24.8 Å². The van der Waals surface area contributed by atoms with Crippen molar-refractivity contribution in [3.05, 3.63) is 36.2 Å². The van der Waals surface area contributed by atoms with Crippen LogP contribution in [0.3, 0.4) is 0 Å². The summed E-state index contributed by atoms with van der Waals surface area (Å²) >= 11 is 0. The van der Waals surface area contributed by atoms with Gasteiger partial charge in [-0.1, -0.05) is 25.0 Å². The van der Waals surface area contributed by atoms with Crippen molar-refractivity contribution in [1.29, 1.82) is 0 Å². The van der Waals surface area contributed by atoms with Gasteiger partial charge in [0, 0.05) is 6.04 Å². The van der Waals surface area contributed by atoms with Gasteiger partial charge in [-0.05, 0) is 41.0 Å². The van der Waals surface area contributed by atoms with E-state index in [1.165, 1.54) is 11.0 Å². The fraction of sp³-hybridized carbons (Fsp3) is 0.500. The molecule has 2 aromatic rings. The van der Waals surface area contributed by atoms with Gasteiger partial charge >= 0.3 is 6.18 Å². The lowest BCUT2D eigenvalue weighted by Gasteiger charge is -2.33. The van der Waals surface area contributed by atoms with Crippen LogP contribution in [0.4, 0.5) is 13.2 Å². The van der Waals surface area contributed by atoms with Gasteiger partial charge in [-0.15, -0.1) is 5.10 Å². The summed E-state index contributed by atoms with van der Waals surface area (Å²) in [7, 11) is 0. The normalized spacial score (nSPS) is 21.1. The number of hydrogen-bond acceptors (Lipinski definition) is 4. The van der Waals surface area contributed by atoms with Crippen molar-refractivity contribution < 1.29 is 18.0 Å². The molecule has 0 aliphatic heterocycles. The van der Waals surface area contributed by atoms with E-state index in [1.54, 1.807) is 24.3 Å². The van der Waals surface area contributed by atoms with Crippen LogP contribution in [0.25, 0.3) is 5.69 Å². The SMILES string of the molecule is O=C(Cc1ccc(-n2cnnn2)cc1)N[C@H]1CCCC[C@@H]1C(F)(F)F. The van der Waals surface area contributed by atoms with Gasteiger partial charge in [0.05, 0.1) is 18.0 Å². The number of nitrogens with one attached hydrogen (secondary N) is 1. The highest BCUT2D eigenvalue weighted by Crippen LogP contribution is 2.37. The molecule has 9 heteroatoms. The van der Waals surface area contributed by atoms with Crippen molar-refractivity contribution in [2.45, 2.75) is 44.3 Å². The maximum Gasteiger partial charge on any atom is 0.393 e.